The van der Waals surface area contributed by atoms with Crippen LogP contribution in [0.3, 0.4) is 0 Å². The molecule has 1 aliphatic heterocycles. The van der Waals surface area contributed by atoms with Crippen molar-refractivity contribution < 1.29 is 13.2 Å². The minimum absolute atomic E-state index is 0.0649. The van der Waals surface area contributed by atoms with E-state index in [2.05, 4.69) is 10.2 Å². The molecule has 2 heterocycles. The fourth-order valence-corrected chi connectivity index (χ4v) is 1.69. The van der Waals surface area contributed by atoms with Gasteiger partial charge in [0.05, 0.1) is 12.5 Å². The first-order valence-corrected chi connectivity index (χ1v) is 5.02. The summed E-state index contributed by atoms with van der Waals surface area (Å²) >= 11 is 0. The molecule has 0 amide bonds. The molecule has 0 aliphatic carbocycles. The van der Waals surface area contributed by atoms with E-state index < -0.39 is 12.1 Å². The first-order chi connectivity index (χ1) is 7.38. The van der Waals surface area contributed by atoms with Crippen molar-refractivity contribution in [2.75, 3.05) is 13.1 Å². The maximum absolute atomic E-state index is 12.2. The van der Waals surface area contributed by atoms with Gasteiger partial charge in [0.15, 0.2) is 0 Å². The van der Waals surface area contributed by atoms with E-state index >= 15 is 0 Å². The Kier molecular flexibility index (Phi) is 2.65. The molecule has 7 heteroatoms. The quantitative estimate of drug-likeness (QED) is 0.769. The van der Waals surface area contributed by atoms with Crippen LogP contribution in [0.5, 0.6) is 0 Å². The van der Waals surface area contributed by atoms with Crippen LogP contribution < -0.4 is 0 Å². The minimum Gasteiger partial charge on any atom is -0.317 e. The standard InChI is InChI=1S/C9H13F3N4/c1-6-13-14-8(15(6)2)5-16-3-7(4-16)9(10,11)12/h7H,3-5H2,1-2H3. The minimum atomic E-state index is -4.06. The SMILES string of the molecule is Cc1nnc(CN2CC(C(F)(F)F)C2)n1C. The number of alkyl halides is 3. The van der Waals surface area contributed by atoms with Gasteiger partial charge in [-0.25, -0.2) is 0 Å². The van der Waals surface area contributed by atoms with Gasteiger partial charge in [0.2, 0.25) is 0 Å². The fourth-order valence-electron chi connectivity index (χ4n) is 1.69. The van der Waals surface area contributed by atoms with Crippen molar-refractivity contribution in [1.29, 1.82) is 0 Å². The van der Waals surface area contributed by atoms with Gasteiger partial charge in [-0.2, -0.15) is 13.2 Å². The third kappa shape index (κ3) is 2.04. The Hall–Kier alpha value is -1.11. The molecule has 0 bridgehead atoms. The lowest BCUT2D eigenvalue weighted by Crippen LogP contribution is -2.52. The van der Waals surface area contributed by atoms with Gasteiger partial charge < -0.3 is 4.57 Å². The molecule has 0 spiro atoms. The van der Waals surface area contributed by atoms with E-state index in [0.29, 0.717) is 12.4 Å². The van der Waals surface area contributed by atoms with Gasteiger partial charge in [0.1, 0.15) is 11.6 Å². The van der Waals surface area contributed by atoms with Crippen LogP contribution in [0.2, 0.25) is 0 Å². The molecule has 16 heavy (non-hydrogen) atoms. The molecule has 2 rings (SSSR count). The molecule has 0 aromatic carbocycles. The van der Waals surface area contributed by atoms with Crippen LogP contribution in [0.15, 0.2) is 0 Å². The molecule has 1 aliphatic rings. The van der Waals surface area contributed by atoms with Crippen LogP contribution in [-0.2, 0) is 13.6 Å². The maximum atomic E-state index is 12.2. The van der Waals surface area contributed by atoms with Crippen LogP contribution in [-0.4, -0.2) is 38.9 Å². The van der Waals surface area contributed by atoms with E-state index in [9.17, 15) is 13.2 Å². The molecule has 0 saturated carbocycles. The zero-order valence-corrected chi connectivity index (χ0v) is 9.12. The van der Waals surface area contributed by atoms with Crippen molar-refractivity contribution >= 4 is 0 Å². The molecule has 1 saturated heterocycles. The Labute approximate surface area is 91.1 Å². The Morgan fingerprint density at radius 3 is 2.38 bits per heavy atom. The molecule has 0 atom stereocenters. The summed E-state index contributed by atoms with van der Waals surface area (Å²) in [5.41, 5.74) is 0. The molecule has 0 radical (unpaired) electrons. The van der Waals surface area contributed by atoms with Crippen molar-refractivity contribution in [2.24, 2.45) is 13.0 Å². The van der Waals surface area contributed by atoms with E-state index in [1.54, 1.807) is 9.47 Å². The summed E-state index contributed by atoms with van der Waals surface area (Å²) in [6.07, 6.45) is -4.06. The largest absolute Gasteiger partial charge is 0.394 e. The second kappa shape index (κ2) is 3.73. The number of rotatable bonds is 2. The highest BCUT2D eigenvalue weighted by Crippen LogP contribution is 2.33. The molecular weight excluding hydrogens is 221 g/mol. The van der Waals surface area contributed by atoms with Gasteiger partial charge >= 0.3 is 6.18 Å². The summed E-state index contributed by atoms with van der Waals surface area (Å²) in [6, 6.07) is 0. The van der Waals surface area contributed by atoms with Gasteiger partial charge in [0, 0.05) is 20.1 Å². The molecule has 4 nitrogen and oxygen atoms in total. The highest BCUT2D eigenvalue weighted by atomic mass is 19.4. The van der Waals surface area contributed by atoms with Crippen LogP contribution in [0.4, 0.5) is 13.2 Å². The second-order valence-corrected chi connectivity index (χ2v) is 4.16. The summed E-state index contributed by atoms with van der Waals surface area (Å²) in [5.74, 6) is 0.294. The molecule has 1 aromatic rings. The fraction of sp³-hybridized carbons (Fsp3) is 0.778. The van der Waals surface area contributed by atoms with Crippen molar-refractivity contribution in [2.45, 2.75) is 19.6 Å². The third-order valence-corrected chi connectivity index (χ3v) is 2.97. The maximum Gasteiger partial charge on any atom is 0.394 e. The summed E-state index contributed by atoms with van der Waals surface area (Å²) in [7, 11) is 1.81. The number of aryl methyl sites for hydroxylation is 1. The molecule has 90 valence electrons. The number of halogens is 3. The first kappa shape index (κ1) is 11.4. The van der Waals surface area contributed by atoms with E-state index in [1.807, 2.05) is 14.0 Å². The van der Waals surface area contributed by atoms with Crippen LogP contribution >= 0.6 is 0 Å². The summed E-state index contributed by atoms with van der Waals surface area (Å²) in [5, 5.41) is 7.77. The van der Waals surface area contributed by atoms with E-state index in [0.717, 1.165) is 5.82 Å². The van der Waals surface area contributed by atoms with Gasteiger partial charge in [-0.05, 0) is 6.92 Å². The third-order valence-electron chi connectivity index (χ3n) is 2.97. The van der Waals surface area contributed by atoms with Crippen molar-refractivity contribution in [3.8, 4) is 0 Å². The van der Waals surface area contributed by atoms with Crippen LogP contribution in [0, 0.1) is 12.8 Å². The van der Waals surface area contributed by atoms with Crippen molar-refractivity contribution in [3.05, 3.63) is 11.6 Å². The lowest BCUT2D eigenvalue weighted by atomic mass is 10.00. The molecule has 1 fully saturated rings. The summed E-state index contributed by atoms with van der Waals surface area (Å²) in [4.78, 5) is 1.72. The molecule has 0 unspecified atom stereocenters. The Morgan fingerprint density at radius 2 is 1.94 bits per heavy atom. The van der Waals surface area contributed by atoms with E-state index in [1.165, 1.54) is 0 Å². The normalized spacial score (nSPS) is 18.8. The monoisotopic (exact) mass is 234 g/mol. The highest BCUT2D eigenvalue weighted by molar-refractivity contribution is 4.95. The van der Waals surface area contributed by atoms with Crippen molar-refractivity contribution in [3.63, 3.8) is 0 Å². The lowest BCUT2D eigenvalue weighted by molar-refractivity contribution is -0.210. The smallest absolute Gasteiger partial charge is 0.317 e. The Bertz CT molecular complexity index is 379. The lowest BCUT2D eigenvalue weighted by Gasteiger charge is -2.39. The van der Waals surface area contributed by atoms with Crippen LogP contribution in [0.25, 0.3) is 0 Å². The number of hydrogen-bond donors (Lipinski definition) is 0. The van der Waals surface area contributed by atoms with E-state index in [4.69, 9.17) is 0 Å². The number of aromatic nitrogens is 3. The molecular formula is C9H13F3N4. The average molecular weight is 234 g/mol. The molecule has 1 aromatic heterocycles. The van der Waals surface area contributed by atoms with Gasteiger partial charge in [-0.15, -0.1) is 10.2 Å². The highest BCUT2D eigenvalue weighted by Gasteiger charge is 2.47. The number of likely N-dealkylation sites (tertiary alicyclic amines) is 1. The predicted octanol–water partition coefficient (Wildman–Crippen LogP) is 1.12. The average Bonchev–Trinajstić information content (AvgIpc) is 2.39. The zero-order valence-electron chi connectivity index (χ0n) is 9.12. The van der Waals surface area contributed by atoms with Crippen molar-refractivity contribution in [1.82, 2.24) is 19.7 Å². The number of hydrogen-bond acceptors (Lipinski definition) is 3. The topological polar surface area (TPSA) is 34.0 Å². The van der Waals surface area contributed by atoms with Gasteiger partial charge in [0.25, 0.3) is 0 Å². The van der Waals surface area contributed by atoms with Crippen LogP contribution in [0.1, 0.15) is 11.6 Å². The second-order valence-electron chi connectivity index (χ2n) is 4.16. The summed E-state index contributed by atoms with van der Waals surface area (Å²) < 4.78 is 38.5. The Morgan fingerprint density at radius 1 is 1.31 bits per heavy atom. The van der Waals surface area contributed by atoms with Gasteiger partial charge in [-0.3, -0.25) is 4.90 Å². The zero-order chi connectivity index (χ0) is 11.9. The summed E-state index contributed by atoms with van der Waals surface area (Å²) in [6.45, 7) is 2.37. The Balaban J connectivity index is 1.89. The number of nitrogens with zero attached hydrogens (tertiary/aromatic N) is 4. The van der Waals surface area contributed by atoms with Gasteiger partial charge in [-0.1, -0.05) is 0 Å². The van der Waals surface area contributed by atoms with E-state index in [-0.39, 0.29) is 13.1 Å². The predicted molar refractivity (Wildman–Crippen MR) is 50.6 cm³/mol. The molecule has 0 N–H and O–H groups in total. The first-order valence-electron chi connectivity index (χ1n) is 5.02.